The highest BCUT2D eigenvalue weighted by molar-refractivity contribution is 6.33. The highest BCUT2D eigenvalue weighted by Gasteiger charge is 2.29. The molecule has 0 spiro atoms. The van der Waals surface area contributed by atoms with Gasteiger partial charge in [0.1, 0.15) is 0 Å². The predicted octanol–water partition coefficient (Wildman–Crippen LogP) is 4.26. The van der Waals surface area contributed by atoms with Crippen molar-refractivity contribution in [2.24, 2.45) is 5.92 Å². The molecule has 166 valence electrons. The maximum atomic E-state index is 12.9. The van der Waals surface area contributed by atoms with Crippen molar-refractivity contribution in [2.45, 2.75) is 26.3 Å². The highest BCUT2D eigenvalue weighted by Crippen LogP contribution is 2.27. The zero-order valence-corrected chi connectivity index (χ0v) is 19.1. The summed E-state index contributed by atoms with van der Waals surface area (Å²) in [4.78, 5) is 31.3. The Labute approximate surface area is 196 Å². The number of aromatic nitrogens is 3. The lowest BCUT2D eigenvalue weighted by Crippen LogP contribution is -2.43. The first-order valence-electron chi connectivity index (χ1n) is 10.4. The van der Waals surface area contributed by atoms with Gasteiger partial charge in [0, 0.05) is 48.0 Å². The Kier molecular flexibility index (Phi) is 6.77. The molecule has 1 fully saturated rings. The van der Waals surface area contributed by atoms with Gasteiger partial charge in [0.25, 0.3) is 5.91 Å². The standard InChI is InChI=1S/C23H23Cl2N5O2/c1-14-9-18(19(25)13-26-14)20-11-21(29-28-20)23(32)30-7-5-16(6-8-30)22(31)27-12-15-3-2-4-17(24)10-15/h2-4,9-11,13,16H,5-8,12H2,1H3,(H,27,31)(H,28,29). The van der Waals surface area contributed by atoms with Gasteiger partial charge in [0.2, 0.25) is 5.91 Å². The summed E-state index contributed by atoms with van der Waals surface area (Å²) in [5.41, 5.74) is 3.52. The van der Waals surface area contributed by atoms with E-state index in [1.807, 2.05) is 31.2 Å². The second-order valence-corrected chi connectivity index (χ2v) is 8.73. The normalized spacial score (nSPS) is 14.4. The summed E-state index contributed by atoms with van der Waals surface area (Å²) in [6, 6.07) is 11.0. The average Bonchev–Trinajstić information content (AvgIpc) is 3.29. The Hall–Kier alpha value is -2.90. The van der Waals surface area contributed by atoms with Gasteiger partial charge in [-0.2, -0.15) is 5.10 Å². The maximum Gasteiger partial charge on any atom is 0.274 e. The van der Waals surface area contributed by atoms with E-state index in [1.165, 1.54) is 0 Å². The van der Waals surface area contributed by atoms with E-state index in [-0.39, 0.29) is 17.7 Å². The summed E-state index contributed by atoms with van der Waals surface area (Å²) in [5, 5.41) is 11.2. The molecule has 0 aliphatic carbocycles. The molecule has 32 heavy (non-hydrogen) atoms. The number of piperidine rings is 1. The highest BCUT2D eigenvalue weighted by atomic mass is 35.5. The van der Waals surface area contributed by atoms with Crippen LogP contribution in [0, 0.1) is 12.8 Å². The van der Waals surface area contributed by atoms with Gasteiger partial charge >= 0.3 is 0 Å². The average molecular weight is 472 g/mol. The number of pyridine rings is 1. The number of aryl methyl sites for hydroxylation is 1. The van der Waals surface area contributed by atoms with Gasteiger partial charge in [-0.15, -0.1) is 0 Å². The van der Waals surface area contributed by atoms with Gasteiger partial charge in [-0.05, 0) is 49.6 Å². The second kappa shape index (κ2) is 9.71. The van der Waals surface area contributed by atoms with Crippen LogP contribution in [0.1, 0.15) is 34.6 Å². The number of benzene rings is 1. The molecular formula is C23H23Cl2N5O2. The first-order chi connectivity index (χ1) is 15.4. The third-order valence-corrected chi connectivity index (χ3v) is 6.12. The van der Waals surface area contributed by atoms with Crippen LogP contribution in [0.15, 0.2) is 42.6 Å². The third kappa shape index (κ3) is 5.11. The lowest BCUT2D eigenvalue weighted by Gasteiger charge is -2.30. The van der Waals surface area contributed by atoms with Crippen molar-refractivity contribution in [3.63, 3.8) is 0 Å². The van der Waals surface area contributed by atoms with Crippen LogP contribution in [0.25, 0.3) is 11.3 Å². The number of likely N-dealkylation sites (tertiary alicyclic amines) is 1. The number of nitrogens with one attached hydrogen (secondary N) is 2. The van der Waals surface area contributed by atoms with Crippen LogP contribution >= 0.6 is 23.2 Å². The minimum absolute atomic E-state index is 0.00169. The summed E-state index contributed by atoms with van der Waals surface area (Å²) in [6.45, 7) is 3.32. The molecule has 0 saturated carbocycles. The molecule has 2 amide bonds. The first kappa shape index (κ1) is 22.3. The van der Waals surface area contributed by atoms with E-state index in [0.29, 0.717) is 53.9 Å². The molecule has 0 unspecified atom stereocenters. The fourth-order valence-corrected chi connectivity index (χ4v) is 4.22. The molecule has 2 N–H and O–H groups in total. The number of amides is 2. The molecule has 4 rings (SSSR count). The number of carbonyl (C=O) groups is 2. The molecule has 1 saturated heterocycles. The van der Waals surface area contributed by atoms with Gasteiger partial charge in [-0.3, -0.25) is 19.7 Å². The van der Waals surface area contributed by atoms with Crippen LogP contribution in [0.5, 0.6) is 0 Å². The van der Waals surface area contributed by atoms with Crippen LogP contribution in [0.2, 0.25) is 10.0 Å². The fourth-order valence-electron chi connectivity index (χ4n) is 3.81. The maximum absolute atomic E-state index is 12.9. The van der Waals surface area contributed by atoms with Crippen LogP contribution in [-0.4, -0.2) is 45.0 Å². The van der Waals surface area contributed by atoms with Gasteiger partial charge in [0.15, 0.2) is 5.69 Å². The predicted molar refractivity (Wildman–Crippen MR) is 123 cm³/mol. The van der Waals surface area contributed by atoms with Crippen molar-refractivity contribution in [1.29, 1.82) is 0 Å². The van der Waals surface area contributed by atoms with Crippen molar-refractivity contribution < 1.29 is 9.59 Å². The van der Waals surface area contributed by atoms with Gasteiger partial charge < -0.3 is 10.2 Å². The van der Waals surface area contributed by atoms with Gasteiger partial charge in [0.05, 0.1) is 10.7 Å². The summed E-state index contributed by atoms with van der Waals surface area (Å²) in [6.07, 6.45) is 2.80. The largest absolute Gasteiger partial charge is 0.352 e. The number of hydrogen-bond donors (Lipinski definition) is 2. The summed E-state index contributed by atoms with van der Waals surface area (Å²) < 4.78 is 0. The molecule has 0 radical (unpaired) electrons. The van der Waals surface area contributed by atoms with E-state index in [1.54, 1.807) is 23.2 Å². The topological polar surface area (TPSA) is 91.0 Å². The molecule has 7 nitrogen and oxygen atoms in total. The molecule has 2 aromatic heterocycles. The molecule has 3 aromatic rings. The minimum atomic E-state index is -0.160. The number of nitrogens with zero attached hydrogens (tertiary/aromatic N) is 3. The SMILES string of the molecule is Cc1cc(-c2cc(C(=O)N3CCC(C(=O)NCc4cccc(Cl)c4)CC3)n[nH]2)c(Cl)cn1. The summed E-state index contributed by atoms with van der Waals surface area (Å²) in [7, 11) is 0. The molecule has 0 atom stereocenters. The molecular weight excluding hydrogens is 449 g/mol. The minimum Gasteiger partial charge on any atom is -0.352 e. The zero-order valence-electron chi connectivity index (χ0n) is 17.6. The summed E-state index contributed by atoms with van der Waals surface area (Å²) in [5.74, 6) is -0.277. The molecule has 1 aliphatic heterocycles. The Balaban J connectivity index is 1.32. The van der Waals surface area contributed by atoms with Crippen molar-refractivity contribution in [3.8, 4) is 11.3 Å². The number of H-pyrrole nitrogens is 1. The smallest absolute Gasteiger partial charge is 0.274 e. The lowest BCUT2D eigenvalue weighted by atomic mass is 9.95. The number of aromatic amines is 1. The van der Waals surface area contributed by atoms with Crippen molar-refractivity contribution in [3.05, 3.63) is 69.6 Å². The van der Waals surface area contributed by atoms with E-state index in [4.69, 9.17) is 23.2 Å². The fraction of sp³-hybridized carbons (Fsp3) is 0.304. The Morgan fingerprint density at radius 2 is 1.97 bits per heavy atom. The second-order valence-electron chi connectivity index (χ2n) is 7.89. The van der Waals surface area contributed by atoms with E-state index in [0.717, 1.165) is 16.8 Å². The molecule has 1 aromatic carbocycles. The van der Waals surface area contributed by atoms with Crippen LogP contribution in [0.3, 0.4) is 0 Å². The van der Waals surface area contributed by atoms with E-state index in [9.17, 15) is 9.59 Å². The Morgan fingerprint density at radius 3 is 2.72 bits per heavy atom. The van der Waals surface area contributed by atoms with Gasteiger partial charge in [-0.1, -0.05) is 35.3 Å². The monoisotopic (exact) mass is 471 g/mol. The van der Waals surface area contributed by atoms with Crippen molar-refractivity contribution in [1.82, 2.24) is 25.4 Å². The molecule has 9 heteroatoms. The Morgan fingerprint density at radius 1 is 1.19 bits per heavy atom. The number of halogens is 2. The van der Waals surface area contributed by atoms with Crippen molar-refractivity contribution >= 4 is 35.0 Å². The van der Waals surface area contributed by atoms with E-state index < -0.39 is 0 Å². The van der Waals surface area contributed by atoms with Gasteiger partial charge in [-0.25, -0.2) is 0 Å². The van der Waals surface area contributed by atoms with E-state index in [2.05, 4.69) is 20.5 Å². The molecule has 1 aliphatic rings. The zero-order chi connectivity index (χ0) is 22.7. The molecule has 3 heterocycles. The number of carbonyl (C=O) groups excluding carboxylic acids is 2. The first-order valence-corrected chi connectivity index (χ1v) is 11.2. The van der Waals surface area contributed by atoms with E-state index >= 15 is 0 Å². The molecule has 0 bridgehead atoms. The number of hydrogen-bond acceptors (Lipinski definition) is 4. The Bertz CT molecular complexity index is 1140. The van der Waals surface area contributed by atoms with Crippen LogP contribution < -0.4 is 5.32 Å². The number of rotatable bonds is 5. The van der Waals surface area contributed by atoms with Crippen LogP contribution in [0.4, 0.5) is 0 Å². The third-order valence-electron chi connectivity index (χ3n) is 5.59. The summed E-state index contributed by atoms with van der Waals surface area (Å²) >= 11 is 12.2. The van der Waals surface area contributed by atoms with Crippen molar-refractivity contribution in [2.75, 3.05) is 13.1 Å². The lowest BCUT2D eigenvalue weighted by molar-refractivity contribution is -0.126. The quantitative estimate of drug-likeness (QED) is 0.581. The van der Waals surface area contributed by atoms with Crippen LogP contribution in [-0.2, 0) is 11.3 Å².